The summed E-state index contributed by atoms with van der Waals surface area (Å²) in [6.07, 6.45) is 0. The molecule has 12 aromatic rings. The molecule has 260 valence electrons. The van der Waals surface area contributed by atoms with Crippen molar-refractivity contribution in [3.63, 3.8) is 0 Å². The number of nitrogens with zero attached hydrogens (tertiary/aromatic N) is 1. The van der Waals surface area contributed by atoms with Gasteiger partial charge in [-0.3, -0.25) is 0 Å². The summed E-state index contributed by atoms with van der Waals surface area (Å²) in [5.41, 5.74) is 12.5. The number of hydrogen-bond donors (Lipinski definition) is 0. The van der Waals surface area contributed by atoms with Crippen molar-refractivity contribution in [3.8, 4) is 39.1 Å². The molecule has 0 saturated carbocycles. The Morgan fingerprint density at radius 3 is 1.57 bits per heavy atom. The lowest BCUT2D eigenvalue weighted by Gasteiger charge is -2.12. The van der Waals surface area contributed by atoms with E-state index in [2.05, 4.69) is 205 Å². The Kier molecular flexibility index (Phi) is 6.66. The van der Waals surface area contributed by atoms with Crippen LogP contribution in [0.25, 0.3) is 115 Å². The molecular formula is C54H33NO. The molecule has 0 unspecified atom stereocenters. The van der Waals surface area contributed by atoms with Gasteiger partial charge in [0.15, 0.2) is 0 Å². The van der Waals surface area contributed by atoms with Gasteiger partial charge in [-0.2, -0.15) is 0 Å². The van der Waals surface area contributed by atoms with Crippen molar-refractivity contribution in [2.24, 2.45) is 0 Å². The molecule has 0 atom stereocenters. The molecule has 0 bridgehead atoms. The summed E-state index contributed by atoms with van der Waals surface area (Å²) in [6.45, 7) is 0. The molecule has 10 aromatic carbocycles. The van der Waals surface area contributed by atoms with Gasteiger partial charge in [-0.1, -0.05) is 146 Å². The average Bonchev–Trinajstić information content (AvgIpc) is 3.82. The van der Waals surface area contributed by atoms with E-state index in [-0.39, 0.29) is 0 Å². The van der Waals surface area contributed by atoms with E-state index in [0.29, 0.717) is 0 Å². The number of para-hydroxylation sites is 1. The van der Waals surface area contributed by atoms with Crippen molar-refractivity contribution in [2.75, 3.05) is 0 Å². The fourth-order valence-electron chi connectivity index (χ4n) is 9.19. The second-order valence-corrected chi connectivity index (χ2v) is 14.8. The number of hydrogen-bond acceptors (Lipinski definition) is 1. The summed E-state index contributed by atoms with van der Waals surface area (Å²) in [5, 5.41) is 12.4. The highest BCUT2D eigenvalue weighted by atomic mass is 16.3. The van der Waals surface area contributed by atoms with E-state index >= 15 is 0 Å². The first-order valence-electron chi connectivity index (χ1n) is 19.3. The normalized spacial score (nSPS) is 11.9. The van der Waals surface area contributed by atoms with Gasteiger partial charge in [0.05, 0.1) is 11.0 Å². The molecule has 2 heteroatoms. The molecule has 0 N–H and O–H groups in total. The van der Waals surface area contributed by atoms with Crippen molar-refractivity contribution in [1.82, 2.24) is 4.57 Å². The molecule has 2 nitrogen and oxygen atoms in total. The Labute approximate surface area is 323 Å². The lowest BCUT2D eigenvalue weighted by molar-refractivity contribution is 0.669. The van der Waals surface area contributed by atoms with E-state index in [1.165, 1.54) is 81.9 Å². The summed E-state index contributed by atoms with van der Waals surface area (Å²) < 4.78 is 8.92. The predicted octanol–water partition coefficient (Wildman–Crippen LogP) is 15.1. The van der Waals surface area contributed by atoms with Gasteiger partial charge < -0.3 is 8.98 Å². The molecule has 0 spiro atoms. The molecule has 0 amide bonds. The zero-order valence-corrected chi connectivity index (χ0v) is 30.4. The highest BCUT2D eigenvalue weighted by Gasteiger charge is 2.17. The van der Waals surface area contributed by atoms with Crippen LogP contribution in [-0.4, -0.2) is 4.57 Å². The van der Waals surface area contributed by atoms with E-state index in [1.54, 1.807) is 0 Å². The first-order chi connectivity index (χ1) is 27.8. The molecule has 0 saturated heterocycles. The zero-order chi connectivity index (χ0) is 36.7. The van der Waals surface area contributed by atoms with Crippen LogP contribution in [0.15, 0.2) is 205 Å². The second kappa shape index (κ2) is 12.0. The zero-order valence-electron chi connectivity index (χ0n) is 30.4. The summed E-state index contributed by atoms with van der Waals surface area (Å²) in [5.74, 6) is 0. The fourth-order valence-corrected chi connectivity index (χ4v) is 9.19. The van der Waals surface area contributed by atoms with Crippen LogP contribution in [0.2, 0.25) is 0 Å². The molecule has 0 aliphatic heterocycles. The molecule has 0 aliphatic rings. The molecular weight excluding hydrogens is 679 g/mol. The van der Waals surface area contributed by atoms with Gasteiger partial charge in [-0.15, -0.1) is 0 Å². The molecule has 2 aromatic heterocycles. The molecule has 0 aliphatic carbocycles. The third kappa shape index (κ3) is 4.63. The van der Waals surface area contributed by atoms with Gasteiger partial charge in [0.1, 0.15) is 11.2 Å². The van der Waals surface area contributed by atoms with E-state index in [9.17, 15) is 0 Å². The Bertz CT molecular complexity index is 3480. The maximum atomic E-state index is 6.53. The fraction of sp³-hybridized carbons (Fsp3) is 0. The van der Waals surface area contributed by atoms with Crippen LogP contribution in [0.3, 0.4) is 0 Å². The molecule has 0 radical (unpaired) electrons. The number of aromatic nitrogens is 1. The van der Waals surface area contributed by atoms with Crippen LogP contribution < -0.4 is 0 Å². The minimum Gasteiger partial charge on any atom is -0.456 e. The van der Waals surface area contributed by atoms with E-state index < -0.39 is 0 Å². The summed E-state index contributed by atoms with van der Waals surface area (Å²) in [7, 11) is 0. The van der Waals surface area contributed by atoms with Crippen LogP contribution in [0.5, 0.6) is 0 Å². The van der Waals surface area contributed by atoms with Crippen LogP contribution in [0.1, 0.15) is 0 Å². The quantitative estimate of drug-likeness (QED) is 0.166. The minimum atomic E-state index is 0.894. The first-order valence-corrected chi connectivity index (χ1v) is 19.3. The Hall–Kier alpha value is -7.42. The Morgan fingerprint density at radius 2 is 0.821 bits per heavy atom. The van der Waals surface area contributed by atoms with Crippen molar-refractivity contribution in [1.29, 1.82) is 0 Å². The standard InChI is InChI=1S/C54H33NO/c1-2-11-34(12-3-1)35-21-26-39(27-22-35)55-50-19-9-8-17-46(50)48-31-36(24-29-51(48)55)37-25-30-52-49(32-37)54-40(18-10-20-53(54)56-52)38-23-28-45-43-15-5-4-13-41(43)42-14-6-7-16-44(42)47(45)33-38/h1-33H. The monoisotopic (exact) mass is 711 g/mol. The minimum absolute atomic E-state index is 0.894. The van der Waals surface area contributed by atoms with Crippen molar-refractivity contribution >= 4 is 76.1 Å². The number of fused-ring (bicyclic) bond motifs is 12. The maximum Gasteiger partial charge on any atom is 0.136 e. The predicted molar refractivity (Wildman–Crippen MR) is 237 cm³/mol. The van der Waals surface area contributed by atoms with Gasteiger partial charge in [-0.05, 0) is 120 Å². The maximum absolute atomic E-state index is 6.53. The van der Waals surface area contributed by atoms with Crippen LogP contribution in [-0.2, 0) is 0 Å². The third-order valence-electron chi connectivity index (χ3n) is 11.8. The van der Waals surface area contributed by atoms with Crippen molar-refractivity contribution in [3.05, 3.63) is 200 Å². The summed E-state index contributed by atoms with van der Waals surface area (Å²) >= 11 is 0. The van der Waals surface area contributed by atoms with E-state index in [1.807, 2.05) is 0 Å². The highest BCUT2D eigenvalue weighted by molar-refractivity contribution is 6.26. The molecule has 0 fully saturated rings. The second-order valence-electron chi connectivity index (χ2n) is 14.8. The highest BCUT2D eigenvalue weighted by Crippen LogP contribution is 2.42. The SMILES string of the molecule is c1ccc(-c2ccc(-n3c4ccccc4c4cc(-c5ccc6oc7cccc(-c8ccc9c%10ccccc%10c%10ccccc%10c9c8)c7c6c5)ccc43)cc2)cc1. The Balaban J connectivity index is 1.01. The Morgan fingerprint density at radius 1 is 0.286 bits per heavy atom. The molecule has 12 rings (SSSR count). The molecule has 56 heavy (non-hydrogen) atoms. The van der Waals surface area contributed by atoms with Gasteiger partial charge in [0, 0.05) is 27.2 Å². The number of benzene rings is 10. The van der Waals surface area contributed by atoms with Gasteiger partial charge in [0.25, 0.3) is 0 Å². The third-order valence-corrected chi connectivity index (χ3v) is 11.8. The van der Waals surface area contributed by atoms with E-state index in [0.717, 1.165) is 33.2 Å². The first kappa shape index (κ1) is 31.0. The van der Waals surface area contributed by atoms with E-state index in [4.69, 9.17) is 4.42 Å². The van der Waals surface area contributed by atoms with Gasteiger partial charge >= 0.3 is 0 Å². The molecule has 2 heterocycles. The topological polar surface area (TPSA) is 18.1 Å². The lowest BCUT2D eigenvalue weighted by Crippen LogP contribution is -1.93. The van der Waals surface area contributed by atoms with Gasteiger partial charge in [0.2, 0.25) is 0 Å². The van der Waals surface area contributed by atoms with Crippen LogP contribution in [0, 0.1) is 0 Å². The summed E-state index contributed by atoms with van der Waals surface area (Å²) in [6, 6.07) is 72.7. The smallest absolute Gasteiger partial charge is 0.136 e. The van der Waals surface area contributed by atoms with Crippen LogP contribution >= 0.6 is 0 Å². The summed E-state index contributed by atoms with van der Waals surface area (Å²) in [4.78, 5) is 0. The van der Waals surface area contributed by atoms with Gasteiger partial charge in [-0.25, -0.2) is 0 Å². The number of rotatable bonds is 4. The lowest BCUT2D eigenvalue weighted by atomic mass is 9.91. The number of furan rings is 1. The van der Waals surface area contributed by atoms with Crippen molar-refractivity contribution in [2.45, 2.75) is 0 Å². The largest absolute Gasteiger partial charge is 0.456 e. The average molecular weight is 712 g/mol. The van der Waals surface area contributed by atoms with Crippen LogP contribution in [0.4, 0.5) is 0 Å². The van der Waals surface area contributed by atoms with Crippen molar-refractivity contribution < 1.29 is 4.42 Å².